The Hall–Kier alpha value is -0.910. The van der Waals surface area contributed by atoms with E-state index in [9.17, 15) is 0 Å². The first-order valence-electron chi connectivity index (χ1n) is 6.75. The lowest BCUT2D eigenvalue weighted by Gasteiger charge is -2.38. The Morgan fingerprint density at radius 2 is 2.17 bits per heavy atom. The molecule has 2 fully saturated rings. The Morgan fingerprint density at radius 1 is 1.33 bits per heavy atom. The summed E-state index contributed by atoms with van der Waals surface area (Å²) in [5.74, 6) is -0.307. The molecule has 1 aromatic rings. The fraction of sp³-hybridized carbons (Fsp3) is 0.769. The van der Waals surface area contributed by atoms with Crippen LogP contribution in [0, 0.1) is 6.92 Å². The molecule has 0 aromatic carbocycles. The molecular weight excluding hydrogens is 230 g/mol. The van der Waals surface area contributed by atoms with Crippen LogP contribution < -0.4 is 0 Å². The maximum atomic E-state index is 5.78. The van der Waals surface area contributed by atoms with Crippen LogP contribution in [0.1, 0.15) is 18.4 Å². The molecule has 5 heteroatoms. The first-order valence-corrected chi connectivity index (χ1v) is 6.75. The zero-order valence-electron chi connectivity index (χ0n) is 11.0. The second-order valence-corrected chi connectivity index (χ2v) is 5.27. The molecule has 2 aliphatic rings. The molecule has 3 rings (SSSR count). The van der Waals surface area contributed by atoms with Crippen LogP contribution in [0.2, 0.25) is 0 Å². The van der Waals surface area contributed by atoms with Gasteiger partial charge < -0.3 is 9.47 Å². The molecule has 3 heterocycles. The molecular formula is C13H21N3O2. The van der Waals surface area contributed by atoms with E-state index in [0.29, 0.717) is 0 Å². The lowest BCUT2D eigenvalue weighted by atomic mass is 10.0. The van der Waals surface area contributed by atoms with Gasteiger partial charge in [0.05, 0.1) is 32.5 Å². The number of nitrogens with zero attached hydrogens (tertiary/aromatic N) is 3. The lowest BCUT2D eigenvalue weighted by molar-refractivity contribution is -0.189. The summed E-state index contributed by atoms with van der Waals surface area (Å²) >= 11 is 0. The summed E-state index contributed by atoms with van der Waals surface area (Å²) in [7, 11) is 0. The van der Waals surface area contributed by atoms with Gasteiger partial charge in [-0.05, 0) is 25.5 Å². The largest absolute Gasteiger partial charge is 0.346 e. The number of hydrogen-bond donors (Lipinski definition) is 0. The zero-order chi connectivity index (χ0) is 12.4. The van der Waals surface area contributed by atoms with Crippen LogP contribution in [0.5, 0.6) is 0 Å². The van der Waals surface area contributed by atoms with Crippen LogP contribution >= 0.6 is 0 Å². The van der Waals surface area contributed by atoms with E-state index in [-0.39, 0.29) is 5.79 Å². The SMILES string of the molecule is Cc1cnn(CCN2CCCC3(C2)OCCO3)c1. The Balaban J connectivity index is 1.53. The Labute approximate surface area is 108 Å². The fourth-order valence-electron chi connectivity index (χ4n) is 2.83. The van der Waals surface area contributed by atoms with Crippen molar-refractivity contribution in [1.29, 1.82) is 0 Å². The predicted octanol–water partition coefficient (Wildman–Crippen LogP) is 1.03. The highest BCUT2D eigenvalue weighted by Gasteiger charge is 2.40. The normalized spacial score (nSPS) is 23.8. The Bertz CT molecular complexity index is 399. The maximum Gasteiger partial charge on any atom is 0.181 e. The number of aromatic nitrogens is 2. The molecule has 1 spiro atoms. The molecule has 0 N–H and O–H groups in total. The van der Waals surface area contributed by atoms with Crippen LogP contribution in [0.4, 0.5) is 0 Å². The number of likely N-dealkylation sites (tertiary alicyclic amines) is 1. The van der Waals surface area contributed by atoms with Crippen molar-refractivity contribution in [3.63, 3.8) is 0 Å². The summed E-state index contributed by atoms with van der Waals surface area (Å²) < 4.78 is 13.6. The zero-order valence-corrected chi connectivity index (χ0v) is 11.0. The minimum atomic E-state index is -0.307. The molecule has 0 unspecified atom stereocenters. The quantitative estimate of drug-likeness (QED) is 0.804. The molecule has 100 valence electrons. The van der Waals surface area contributed by atoms with Crippen molar-refractivity contribution >= 4 is 0 Å². The van der Waals surface area contributed by atoms with Gasteiger partial charge in [-0.2, -0.15) is 5.10 Å². The number of rotatable bonds is 3. The Kier molecular flexibility index (Phi) is 3.37. The molecule has 0 saturated carbocycles. The van der Waals surface area contributed by atoms with Crippen molar-refractivity contribution in [3.05, 3.63) is 18.0 Å². The molecule has 5 nitrogen and oxygen atoms in total. The van der Waals surface area contributed by atoms with Gasteiger partial charge in [0.15, 0.2) is 5.79 Å². The highest BCUT2D eigenvalue weighted by molar-refractivity contribution is 4.99. The van der Waals surface area contributed by atoms with Gasteiger partial charge in [-0.3, -0.25) is 9.58 Å². The van der Waals surface area contributed by atoms with E-state index in [1.807, 2.05) is 10.9 Å². The van der Waals surface area contributed by atoms with Crippen molar-refractivity contribution < 1.29 is 9.47 Å². The molecule has 18 heavy (non-hydrogen) atoms. The van der Waals surface area contributed by atoms with Crippen molar-refractivity contribution in [2.75, 3.05) is 32.8 Å². The standard InChI is InChI=1S/C13H21N3O2/c1-12-9-14-16(10-12)6-5-15-4-2-3-13(11-15)17-7-8-18-13/h9-10H,2-8,11H2,1H3. The van der Waals surface area contributed by atoms with Crippen LogP contribution in [0.25, 0.3) is 0 Å². The smallest absolute Gasteiger partial charge is 0.181 e. The van der Waals surface area contributed by atoms with Gasteiger partial charge in [0.1, 0.15) is 0 Å². The van der Waals surface area contributed by atoms with Gasteiger partial charge in [-0.25, -0.2) is 0 Å². The number of aryl methyl sites for hydroxylation is 1. The van der Waals surface area contributed by atoms with Crippen LogP contribution in [-0.4, -0.2) is 53.3 Å². The van der Waals surface area contributed by atoms with Crippen molar-refractivity contribution in [1.82, 2.24) is 14.7 Å². The summed E-state index contributed by atoms with van der Waals surface area (Å²) in [6.45, 7) is 7.53. The monoisotopic (exact) mass is 251 g/mol. The molecule has 0 aliphatic carbocycles. The number of hydrogen-bond acceptors (Lipinski definition) is 4. The topological polar surface area (TPSA) is 39.5 Å². The molecule has 0 atom stereocenters. The second-order valence-electron chi connectivity index (χ2n) is 5.27. The third-order valence-electron chi connectivity index (χ3n) is 3.72. The molecule has 0 amide bonds. The van der Waals surface area contributed by atoms with Gasteiger partial charge in [0.2, 0.25) is 0 Å². The summed E-state index contributed by atoms with van der Waals surface area (Å²) in [6, 6.07) is 0. The van der Waals surface area contributed by atoms with Crippen molar-refractivity contribution in [3.8, 4) is 0 Å². The number of ether oxygens (including phenoxy) is 2. The molecule has 2 aliphatic heterocycles. The van der Waals surface area contributed by atoms with Crippen molar-refractivity contribution in [2.45, 2.75) is 32.1 Å². The van der Waals surface area contributed by atoms with Gasteiger partial charge in [-0.15, -0.1) is 0 Å². The average Bonchev–Trinajstić information content (AvgIpc) is 2.97. The van der Waals surface area contributed by atoms with E-state index in [1.54, 1.807) is 0 Å². The highest BCUT2D eigenvalue weighted by Crippen LogP contribution is 2.29. The van der Waals surface area contributed by atoms with E-state index in [1.165, 1.54) is 5.56 Å². The summed E-state index contributed by atoms with van der Waals surface area (Å²) in [6.07, 6.45) is 6.17. The highest BCUT2D eigenvalue weighted by atomic mass is 16.7. The Morgan fingerprint density at radius 3 is 2.89 bits per heavy atom. The van der Waals surface area contributed by atoms with Gasteiger partial charge in [0, 0.05) is 19.2 Å². The predicted molar refractivity (Wildman–Crippen MR) is 67.3 cm³/mol. The third kappa shape index (κ3) is 2.58. The lowest BCUT2D eigenvalue weighted by Crippen LogP contribution is -2.49. The molecule has 2 saturated heterocycles. The number of piperidine rings is 1. The van der Waals surface area contributed by atoms with Crippen LogP contribution in [0.15, 0.2) is 12.4 Å². The molecule has 1 aromatic heterocycles. The van der Waals surface area contributed by atoms with Crippen molar-refractivity contribution in [2.24, 2.45) is 0 Å². The van der Waals surface area contributed by atoms with E-state index in [2.05, 4.69) is 23.1 Å². The van der Waals surface area contributed by atoms with Gasteiger partial charge in [0.25, 0.3) is 0 Å². The molecule has 0 radical (unpaired) electrons. The summed E-state index contributed by atoms with van der Waals surface area (Å²) in [4.78, 5) is 2.42. The van der Waals surface area contributed by atoms with Gasteiger partial charge in [-0.1, -0.05) is 0 Å². The van der Waals surface area contributed by atoms with Crippen LogP contribution in [0.3, 0.4) is 0 Å². The minimum absolute atomic E-state index is 0.307. The summed E-state index contributed by atoms with van der Waals surface area (Å²) in [5.41, 5.74) is 1.22. The van der Waals surface area contributed by atoms with E-state index in [0.717, 1.165) is 52.2 Å². The molecule has 0 bridgehead atoms. The van der Waals surface area contributed by atoms with E-state index >= 15 is 0 Å². The van der Waals surface area contributed by atoms with Crippen LogP contribution in [-0.2, 0) is 16.0 Å². The average molecular weight is 251 g/mol. The summed E-state index contributed by atoms with van der Waals surface area (Å²) in [5, 5.41) is 4.32. The second kappa shape index (κ2) is 4.99. The van der Waals surface area contributed by atoms with E-state index in [4.69, 9.17) is 9.47 Å². The van der Waals surface area contributed by atoms with Gasteiger partial charge >= 0.3 is 0 Å². The first kappa shape index (κ1) is 12.1. The van der Waals surface area contributed by atoms with E-state index < -0.39 is 0 Å². The minimum Gasteiger partial charge on any atom is -0.346 e. The maximum absolute atomic E-state index is 5.78. The first-order chi connectivity index (χ1) is 8.76. The third-order valence-corrected chi connectivity index (χ3v) is 3.72. The fourth-order valence-corrected chi connectivity index (χ4v) is 2.83.